The molecule has 0 radical (unpaired) electrons. The average molecular weight is 584 g/mol. The average Bonchev–Trinajstić information content (AvgIpc) is 3.65. The molecule has 1 saturated heterocycles. The predicted octanol–water partition coefficient (Wildman–Crippen LogP) is 5.12. The third-order valence-electron chi connectivity index (χ3n) is 7.38. The highest BCUT2D eigenvalue weighted by atomic mass is 16.5. The SMILES string of the molecule is [2H]C([2H])([2H])Oc1cc(Oc2ccn3ncnc3c2)c(C)cc1Nc1ncnc2cc(OC)c(NC(=O)/C=C/[C@H]3CCCN3C)cc12. The lowest BCUT2D eigenvalue weighted by atomic mass is 10.1. The van der Waals surface area contributed by atoms with Crippen LogP contribution in [0.15, 0.2) is 67.4 Å². The van der Waals surface area contributed by atoms with E-state index in [4.69, 9.17) is 18.3 Å². The van der Waals surface area contributed by atoms with Gasteiger partial charge in [0, 0.05) is 41.9 Å². The van der Waals surface area contributed by atoms with E-state index < -0.39 is 7.04 Å². The van der Waals surface area contributed by atoms with Crippen LogP contribution in [0.3, 0.4) is 0 Å². The number of benzene rings is 2. The van der Waals surface area contributed by atoms with Crippen molar-refractivity contribution >= 4 is 39.6 Å². The molecule has 4 heterocycles. The van der Waals surface area contributed by atoms with Crippen LogP contribution in [0.25, 0.3) is 16.6 Å². The summed E-state index contributed by atoms with van der Waals surface area (Å²) in [6, 6.07) is 10.3. The van der Waals surface area contributed by atoms with Crippen molar-refractivity contribution in [3.05, 3.63) is 73.0 Å². The van der Waals surface area contributed by atoms with Crippen molar-refractivity contribution in [1.82, 2.24) is 29.5 Å². The Hall–Kier alpha value is -5.23. The number of amides is 1. The lowest BCUT2D eigenvalue weighted by Crippen LogP contribution is -2.23. The molecule has 2 aromatic carbocycles. The Balaban J connectivity index is 1.32. The Morgan fingerprint density at radius 3 is 2.77 bits per heavy atom. The van der Waals surface area contributed by atoms with E-state index in [-0.39, 0.29) is 17.7 Å². The van der Waals surface area contributed by atoms with Gasteiger partial charge in [0.25, 0.3) is 0 Å². The Bertz CT molecular complexity index is 1950. The fourth-order valence-corrected chi connectivity index (χ4v) is 5.08. The number of hydrogen-bond donors (Lipinski definition) is 2. The zero-order chi connectivity index (χ0) is 32.4. The molecule has 0 spiro atoms. The van der Waals surface area contributed by atoms with Gasteiger partial charge < -0.3 is 24.8 Å². The minimum absolute atomic E-state index is 0.0139. The molecular formula is C31H32N8O4. The zero-order valence-electron chi connectivity index (χ0n) is 26.9. The molecular weight excluding hydrogens is 548 g/mol. The number of likely N-dealkylation sites (N-methyl/N-ethyl adjacent to an activating group) is 1. The van der Waals surface area contributed by atoms with E-state index in [0.29, 0.717) is 56.6 Å². The summed E-state index contributed by atoms with van der Waals surface area (Å²) in [6.45, 7) is 2.82. The van der Waals surface area contributed by atoms with Gasteiger partial charge in [0.2, 0.25) is 5.91 Å². The summed E-state index contributed by atoms with van der Waals surface area (Å²) in [5.74, 6) is 1.36. The molecule has 0 saturated carbocycles. The summed E-state index contributed by atoms with van der Waals surface area (Å²) in [6.07, 6.45) is 10.1. The van der Waals surface area contributed by atoms with E-state index in [1.54, 1.807) is 41.0 Å². The lowest BCUT2D eigenvalue weighted by Gasteiger charge is -2.17. The first-order chi connectivity index (χ1) is 22.1. The van der Waals surface area contributed by atoms with E-state index in [0.717, 1.165) is 19.4 Å². The third-order valence-corrected chi connectivity index (χ3v) is 7.38. The largest absolute Gasteiger partial charge is 0.494 e. The molecule has 1 aliphatic heterocycles. The fourth-order valence-electron chi connectivity index (χ4n) is 5.08. The molecule has 12 heteroatoms. The van der Waals surface area contributed by atoms with E-state index in [1.807, 2.05) is 20.0 Å². The van der Waals surface area contributed by atoms with Crippen LogP contribution in [-0.2, 0) is 4.79 Å². The maximum absolute atomic E-state index is 12.9. The van der Waals surface area contributed by atoms with E-state index >= 15 is 0 Å². The molecule has 1 amide bonds. The number of likely N-dealkylation sites (tertiary alicyclic amines) is 1. The maximum atomic E-state index is 12.9. The normalized spacial score (nSPS) is 16.6. The van der Waals surface area contributed by atoms with Crippen LogP contribution in [0.2, 0.25) is 0 Å². The van der Waals surface area contributed by atoms with Crippen molar-refractivity contribution in [1.29, 1.82) is 0 Å². The number of ether oxygens (including phenoxy) is 3. The summed E-state index contributed by atoms with van der Waals surface area (Å²) in [7, 11) is 0.801. The molecule has 5 aromatic rings. The number of nitrogens with zero attached hydrogens (tertiary/aromatic N) is 6. The van der Waals surface area contributed by atoms with Crippen LogP contribution in [0.4, 0.5) is 17.2 Å². The first-order valence-electron chi connectivity index (χ1n) is 15.2. The van der Waals surface area contributed by atoms with E-state index in [1.165, 1.54) is 31.9 Å². The van der Waals surface area contributed by atoms with Crippen molar-refractivity contribution in [3.63, 3.8) is 0 Å². The van der Waals surface area contributed by atoms with Gasteiger partial charge in [-0.2, -0.15) is 5.10 Å². The number of methoxy groups -OCH3 is 2. The first kappa shape index (κ1) is 24.4. The number of aryl methyl sites for hydroxylation is 1. The molecule has 220 valence electrons. The Morgan fingerprint density at radius 2 is 1.95 bits per heavy atom. The van der Waals surface area contributed by atoms with Crippen molar-refractivity contribution in [3.8, 4) is 23.0 Å². The van der Waals surface area contributed by atoms with Gasteiger partial charge in [0.05, 0.1) is 35.2 Å². The van der Waals surface area contributed by atoms with Gasteiger partial charge in [-0.1, -0.05) is 6.08 Å². The number of fused-ring (bicyclic) bond motifs is 2. The van der Waals surface area contributed by atoms with Crippen molar-refractivity contribution in [2.75, 3.05) is 38.4 Å². The molecule has 0 unspecified atom stereocenters. The number of carbonyl (C=O) groups excluding carboxylic acids is 1. The molecule has 1 atom stereocenters. The van der Waals surface area contributed by atoms with Gasteiger partial charge >= 0.3 is 0 Å². The number of anilines is 3. The summed E-state index contributed by atoms with van der Waals surface area (Å²) in [5, 5.41) is 10.7. The Kier molecular flexibility index (Phi) is 6.77. The molecule has 0 bridgehead atoms. The molecule has 1 aliphatic rings. The number of hydrogen-bond acceptors (Lipinski definition) is 10. The second-order valence-electron chi connectivity index (χ2n) is 10.2. The fraction of sp³-hybridized carbons (Fsp3) is 0.258. The lowest BCUT2D eigenvalue weighted by molar-refractivity contribution is -0.111. The number of pyridine rings is 1. The summed E-state index contributed by atoms with van der Waals surface area (Å²) in [5.41, 5.74) is 2.57. The number of aromatic nitrogens is 5. The number of rotatable bonds is 9. The highest BCUT2D eigenvalue weighted by Crippen LogP contribution is 2.38. The summed E-state index contributed by atoms with van der Waals surface area (Å²) < 4.78 is 41.9. The minimum Gasteiger partial charge on any atom is -0.494 e. The molecule has 12 nitrogen and oxygen atoms in total. The van der Waals surface area contributed by atoms with Gasteiger partial charge in [-0.15, -0.1) is 0 Å². The quantitative estimate of drug-likeness (QED) is 0.226. The molecule has 1 fully saturated rings. The molecule has 0 aliphatic carbocycles. The molecule has 6 rings (SSSR count). The summed E-state index contributed by atoms with van der Waals surface area (Å²) in [4.78, 5) is 28.0. The van der Waals surface area contributed by atoms with Crippen LogP contribution < -0.4 is 24.8 Å². The highest BCUT2D eigenvalue weighted by molar-refractivity contribution is 6.03. The monoisotopic (exact) mass is 583 g/mol. The number of nitrogens with one attached hydrogen (secondary N) is 2. The maximum Gasteiger partial charge on any atom is 0.248 e. The van der Waals surface area contributed by atoms with Crippen LogP contribution in [0.1, 0.15) is 22.5 Å². The highest BCUT2D eigenvalue weighted by Gasteiger charge is 2.19. The van der Waals surface area contributed by atoms with Gasteiger partial charge in [-0.3, -0.25) is 9.69 Å². The van der Waals surface area contributed by atoms with Gasteiger partial charge in [-0.05, 0) is 57.1 Å². The van der Waals surface area contributed by atoms with Crippen molar-refractivity contribution in [2.45, 2.75) is 25.8 Å². The third kappa shape index (κ3) is 5.90. The van der Waals surface area contributed by atoms with Crippen LogP contribution in [-0.4, -0.2) is 69.2 Å². The topological polar surface area (TPSA) is 128 Å². The van der Waals surface area contributed by atoms with Gasteiger partial charge in [0.15, 0.2) is 5.65 Å². The van der Waals surface area contributed by atoms with E-state index in [2.05, 4.69) is 35.6 Å². The van der Waals surface area contributed by atoms with Crippen molar-refractivity contribution < 1.29 is 23.1 Å². The zero-order valence-corrected chi connectivity index (χ0v) is 23.9. The molecule has 2 N–H and O–H groups in total. The number of carbonyl (C=O) groups is 1. The molecule has 43 heavy (non-hydrogen) atoms. The predicted molar refractivity (Wildman–Crippen MR) is 164 cm³/mol. The van der Waals surface area contributed by atoms with Gasteiger partial charge in [-0.25, -0.2) is 19.5 Å². The second kappa shape index (κ2) is 11.9. The van der Waals surface area contributed by atoms with E-state index in [9.17, 15) is 4.79 Å². The first-order valence-corrected chi connectivity index (χ1v) is 13.7. The molecule has 3 aromatic heterocycles. The second-order valence-corrected chi connectivity index (χ2v) is 10.2. The Morgan fingerprint density at radius 1 is 1.07 bits per heavy atom. The standard InChI is InChI=1S/C31H32N8O4/c1-19-12-24(28(42-4)16-26(19)43-21-9-11-39-29(13-21)33-18-35-39)37-31-22-14-25(27(41-3)15-23(22)32-17-34-31)36-30(40)8-7-20-6-5-10-38(20)2/h7-9,11-18,20H,5-6,10H2,1-4H3,(H,36,40)(H,32,34,37)/b8-7+/t20-/m1/s1/i4D3. The van der Waals surface area contributed by atoms with Crippen LogP contribution in [0.5, 0.6) is 23.0 Å². The smallest absolute Gasteiger partial charge is 0.248 e. The summed E-state index contributed by atoms with van der Waals surface area (Å²) >= 11 is 0. The van der Waals surface area contributed by atoms with Gasteiger partial charge in [0.1, 0.15) is 41.5 Å². The minimum atomic E-state index is -2.75. The van der Waals surface area contributed by atoms with Crippen LogP contribution in [0, 0.1) is 6.92 Å². The Labute approximate surface area is 252 Å². The van der Waals surface area contributed by atoms with Crippen LogP contribution >= 0.6 is 0 Å². The van der Waals surface area contributed by atoms with Crippen molar-refractivity contribution in [2.24, 2.45) is 0 Å².